The first kappa shape index (κ1) is 10.9. The fourth-order valence-electron chi connectivity index (χ4n) is 0.481. The fraction of sp³-hybridized carbons (Fsp3) is 0.429. The molecule has 64 valence electrons. The topological polar surface area (TPSA) is 24.1 Å². The number of hydrogen-bond donors (Lipinski definition) is 2. The highest BCUT2D eigenvalue weighted by Crippen LogP contribution is 1.99. The average Bonchev–Trinajstić information content (AvgIpc) is 2.67. The van der Waals surface area contributed by atoms with Crippen molar-refractivity contribution < 1.29 is 0 Å². The lowest BCUT2D eigenvalue weighted by molar-refractivity contribution is 1.16. The Morgan fingerprint density at radius 2 is 2.18 bits per heavy atom. The molecule has 2 aliphatic rings. The molecule has 11 heavy (non-hydrogen) atoms. The molecule has 2 aliphatic heterocycles. The highest BCUT2D eigenvalue weighted by Gasteiger charge is 1.83. The summed E-state index contributed by atoms with van der Waals surface area (Å²) in [6.07, 6.45) is 6.12. The summed E-state index contributed by atoms with van der Waals surface area (Å²) >= 11 is 3.36. The number of rotatable bonds is 0. The molecule has 0 fully saturated rings. The van der Waals surface area contributed by atoms with Crippen molar-refractivity contribution in [3.8, 4) is 0 Å². The predicted molar refractivity (Wildman–Crippen MR) is 56.2 cm³/mol. The van der Waals surface area contributed by atoms with Crippen LogP contribution in [0.4, 0.5) is 0 Å². The molecule has 4 heteroatoms. The van der Waals surface area contributed by atoms with Gasteiger partial charge in [0.25, 0.3) is 0 Å². The van der Waals surface area contributed by atoms with E-state index in [0.29, 0.717) is 0 Å². The standard InChI is InChI=1S/2C3H5NS.CH4/c2*1-2-4-5-3-1;/h1,3-4H,2H2;1-2,4H,3H2;1H4. The molecule has 0 saturated carbocycles. The summed E-state index contributed by atoms with van der Waals surface area (Å²) in [4.78, 5) is 0. The van der Waals surface area contributed by atoms with Gasteiger partial charge in [0.15, 0.2) is 0 Å². The first-order valence-corrected chi connectivity index (χ1v) is 4.92. The molecule has 0 aromatic rings. The van der Waals surface area contributed by atoms with Gasteiger partial charge >= 0.3 is 0 Å². The van der Waals surface area contributed by atoms with Crippen molar-refractivity contribution in [3.05, 3.63) is 23.8 Å². The van der Waals surface area contributed by atoms with Crippen LogP contribution in [0.1, 0.15) is 7.43 Å². The van der Waals surface area contributed by atoms with E-state index < -0.39 is 0 Å². The van der Waals surface area contributed by atoms with Crippen LogP contribution < -0.4 is 9.44 Å². The SMILES string of the molecule is C.C1=CNSC1.C1=CSNC1. The van der Waals surface area contributed by atoms with Gasteiger partial charge < -0.3 is 4.72 Å². The van der Waals surface area contributed by atoms with Gasteiger partial charge in [-0.1, -0.05) is 31.5 Å². The van der Waals surface area contributed by atoms with E-state index >= 15 is 0 Å². The Hall–Kier alpha value is -0.0600. The Bertz CT molecular complexity index is 106. The molecule has 0 radical (unpaired) electrons. The molecule has 0 saturated heterocycles. The van der Waals surface area contributed by atoms with Gasteiger partial charge in [0, 0.05) is 18.5 Å². The highest BCUT2D eigenvalue weighted by atomic mass is 32.2. The summed E-state index contributed by atoms with van der Waals surface area (Å²) in [5.41, 5.74) is 0. The van der Waals surface area contributed by atoms with Crippen LogP contribution in [0, 0.1) is 0 Å². The zero-order valence-electron chi connectivity index (χ0n) is 5.54. The van der Waals surface area contributed by atoms with Crippen LogP contribution in [0.2, 0.25) is 0 Å². The molecule has 0 amide bonds. The minimum absolute atomic E-state index is 0. The maximum absolute atomic E-state index is 3.03. The third-order valence-electron chi connectivity index (χ3n) is 0.898. The van der Waals surface area contributed by atoms with Crippen LogP contribution in [0.3, 0.4) is 0 Å². The van der Waals surface area contributed by atoms with Gasteiger partial charge in [-0.2, -0.15) is 0 Å². The van der Waals surface area contributed by atoms with E-state index in [9.17, 15) is 0 Å². The van der Waals surface area contributed by atoms with Crippen molar-refractivity contribution in [2.45, 2.75) is 7.43 Å². The van der Waals surface area contributed by atoms with E-state index in [0.717, 1.165) is 12.3 Å². The first-order valence-electron chi connectivity index (χ1n) is 3.06. The second-order valence-corrected chi connectivity index (χ2v) is 3.32. The molecule has 2 heterocycles. The van der Waals surface area contributed by atoms with Crippen LogP contribution in [-0.2, 0) is 0 Å². The normalized spacial score (nSPS) is 18.2. The van der Waals surface area contributed by atoms with E-state index in [-0.39, 0.29) is 7.43 Å². The Balaban J connectivity index is 0.000000167. The molecule has 0 bridgehead atoms. The molecule has 2 nitrogen and oxygen atoms in total. The minimum atomic E-state index is 0. The Morgan fingerprint density at radius 1 is 1.27 bits per heavy atom. The molecule has 0 unspecified atom stereocenters. The van der Waals surface area contributed by atoms with Crippen molar-refractivity contribution in [3.63, 3.8) is 0 Å². The first-order chi connectivity index (χ1) is 5.00. The van der Waals surface area contributed by atoms with Gasteiger partial charge in [0.2, 0.25) is 0 Å². The summed E-state index contributed by atoms with van der Waals surface area (Å²) in [6, 6.07) is 0. The van der Waals surface area contributed by atoms with Crippen LogP contribution in [0.25, 0.3) is 0 Å². The zero-order chi connectivity index (χ0) is 7.07. The van der Waals surface area contributed by atoms with Gasteiger partial charge in [0.05, 0.1) is 0 Å². The molecule has 0 aromatic carbocycles. The zero-order valence-corrected chi connectivity index (χ0v) is 7.17. The third-order valence-corrected chi connectivity index (χ3v) is 2.22. The van der Waals surface area contributed by atoms with Crippen LogP contribution in [0.5, 0.6) is 0 Å². The largest absolute Gasteiger partial charge is 0.337 e. The highest BCUT2D eigenvalue weighted by molar-refractivity contribution is 8.00. The van der Waals surface area contributed by atoms with Crippen molar-refractivity contribution in [2.75, 3.05) is 12.3 Å². The lowest BCUT2D eigenvalue weighted by Crippen LogP contribution is -1.92. The molecular formula is C7H14N2S2. The molecule has 2 rings (SSSR count). The second kappa shape index (κ2) is 8.04. The van der Waals surface area contributed by atoms with Crippen molar-refractivity contribution >= 4 is 23.9 Å². The van der Waals surface area contributed by atoms with Gasteiger partial charge in [-0.25, -0.2) is 0 Å². The van der Waals surface area contributed by atoms with Gasteiger partial charge in [-0.05, 0) is 17.4 Å². The fourth-order valence-corrected chi connectivity index (χ4v) is 1.44. The van der Waals surface area contributed by atoms with E-state index in [2.05, 4.69) is 21.6 Å². The Labute approximate surface area is 77.2 Å². The monoisotopic (exact) mass is 190 g/mol. The third kappa shape index (κ3) is 6.34. The maximum Gasteiger partial charge on any atom is 0.0329 e. The summed E-state index contributed by atoms with van der Waals surface area (Å²) < 4.78 is 5.99. The van der Waals surface area contributed by atoms with Crippen LogP contribution in [0.15, 0.2) is 23.8 Å². The lowest BCUT2D eigenvalue weighted by Gasteiger charge is -1.77. The van der Waals surface area contributed by atoms with E-state index in [4.69, 9.17) is 0 Å². The molecular weight excluding hydrogens is 176 g/mol. The van der Waals surface area contributed by atoms with E-state index in [1.807, 2.05) is 11.6 Å². The van der Waals surface area contributed by atoms with Crippen LogP contribution >= 0.6 is 23.9 Å². The van der Waals surface area contributed by atoms with Crippen molar-refractivity contribution in [2.24, 2.45) is 0 Å². The summed E-state index contributed by atoms with van der Waals surface area (Å²) in [6.45, 7) is 1.03. The minimum Gasteiger partial charge on any atom is -0.337 e. The Kier molecular flexibility index (Phi) is 8.00. The van der Waals surface area contributed by atoms with E-state index in [1.54, 1.807) is 23.9 Å². The average molecular weight is 190 g/mol. The molecule has 0 aromatic heterocycles. The van der Waals surface area contributed by atoms with Gasteiger partial charge in [0.1, 0.15) is 0 Å². The summed E-state index contributed by atoms with van der Waals surface area (Å²) in [7, 11) is 0. The molecule has 0 atom stereocenters. The lowest BCUT2D eigenvalue weighted by atomic mass is 10.7. The summed E-state index contributed by atoms with van der Waals surface area (Å²) in [5, 5.41) is 2.04. The smallest absolute Gasteiger partial charge is 0.0329 e. The van der Waals surface area contributed by atoms with Gasteiger partial charge in [-0.15, -0.1) is 0 Å². The maximum atomic E-state index is 3.03. The summed E-state index contributed by atoms with van der Waals surface area (Å²) in [5.74, 6) is 1.12. The molecule has 2 N–H and O–H groups in total. The second-order valence-electron chi connectivity index (χ2n) is 1.67. The molecule has 0 aliphatic carbocycles. The number of hydrogen-bond acceptors (Lipinski definition) is 4. The van der Waals surface area contributed by atoms with Crippen LogP contribution in [-0.4, -0.2) is 12.3 Å². The predicted octanol–water partition coefficient (Wildman–Crippen LogP) is 2.14. The quantitative estimate of drug-likeness (QED) is 0.572. The van der Waals surface area contributed by atoms with E-state index in [1.165, 1.54) is 0 Å². The molecule has 0 spiro atoms. The Morgan fingerprint density at radius 3 is 2.36 bits per heavy atom. The van der Waals surface area contributed by atoms with Crippen molar-refractivity contribution in [1.82, 2.24) is 9.44 Å². The number of nitrogens with one attached hydrogen (secondary N) is 2. The van der Waals surface area contributed by atoms with Crippen molar-refractivity contribution in [1.29, 1.82) is 0 Å². The van der Waals surface area contributed by atoms with Gasteiger partial charge in [-0.3, -0.25) is 4.72 Å².